The van der Waals surface area contributed by atoms with Crippen molar-refractivity contribution in [3.05, 3.63) is 34.6 Å². The molecular weight excluding hydrogens is 213 g/mol. The standard InChI is InChI=1S/C12H15ClFN/c13-11-6-5-9(14)7-10(11)12(15)8-3-1-2-4-8/h5-8,12H,1-4,15H2/t12-/m0/s1. The van der Waals surface area contributed by atoms with Gasteiger partial charge in [-0.15, -0.1) is 0 Å². The lowest BCUT2D eigenvalue weighted by Gasteiger charge is -2.20. The minimum atomic E-state index is -0.261. The predicted octanol–water partition coefficient (Wildman–Crippen LogP) is 3.67. The Kier molecular flexibility index (Phi) is 3.27. The van der Waals surface area contributed by atoms with Crippen LogP contribution in [0.3, 0.4) is 0 Å². The molecule has 2 N–H and O–H groups in total. The fourth-order valence-corrected chi connectivity index (χ4v) is 2.58. The van der Waals surface area contributed by atoms with Gasteiger partial charge in [0.15, 0.2) is 0 Å². The Morgan fingerprint density at radius 2 is 2.00 bits per heavy atom. The highest BCUT2D eigenvalue weighted by Crippen LogP contribution is 2.36. The van der Waals surface area contributed by atoms with Crippen molar-refractivity contribution in [3.63, 3.8) is 0 Å². The molecule has 3 heteroatoms. The lowest BCUT2D eigenvalue weighted by Crippen LogP contribution is -2.19. The third-order valence-electron chi connectivity index (χ3n) is 3.22. The van der Waals surface area contributed by atoms with E-state index < -0.39 is 0 Å². The van der Waals surface area contributed by atoms with Crippen LogP contribution in [0.5, 0.6) is 0 Å². The molecule has 1 nitrogen and oxygen atoms in total. The molecule has 0 bridgehead atoms. The maximum Gasteiger partial charge on any atom is 0.123 e. The van der Waals surface area contributed by atoms with E-state index in [4.69, 9.17) is 17.3 Å². The Labute approximate surface area is 94.4 Å². The first-order valence-corrected chi connectivity index (χ1v) is 5.77. The van der Waals surface area contributed by atoms with Gasteiger partial charge in [0.2, 0.25) is 0 Å². The predicted molar refractivity (Wildman–Crippen MR) is 60.3 cm³/mol. The van der Waals surface area contributed by atoms with Gasteiger partial charge in [-0.3, -0.25) is 0 Å². The Hall–Kier alpha value is -0.600. The van der Waals surface area contributed by atoms with E-state index in [1.54, 1.807) is 6.07 Å². The molecule has 0 radical (unpaired) electrons. The van der Waals surface area contributed by atoms with E-state index in [0.717, 1.165) is 18.4 Å². The average molecular weight is 228 g/mol. The van der Waals surface area contributed by atoms with E-state index in [-0.39, 0.29) is 11.9 Å². The highest BCUT2D eigenvalue weighted by atomic mass is 35.5. The molecule has 0 saturated heterocycles. The molecule has 0 amide bonds. The molecule has 0 unspecified atom stereocenters. The second kappa shape index (κ2) is 4.50. The summed E-state index contributed by atoms with van der Waals surface area (Å²) in [5.74, 6) is 0.201. The lowest BCUT2D eigenvalue weighted by atomic mass is 9.92. The van der Waals surface area contributed by atoms with Crippen LogP contribution in [0, 0.1) is 11.7 Å². The Balaban J connectivity index is 2.23. The largest absolute Gasteiger partial charge is 0.324 e. The first-order chi connectivity index (χ1) is 7.18. The fraction of sp³-hybridized carbons (Fsp3) is 0.500. The highest BCUT2D eigenvalue weighted by Gasteiger charge is 2.24. The van der Waals surface area contributed by atoms with E-state index in [0.29, 0.717) is 10.9 Å². The van der Waals surface area contributed by atoms with E-state index >= 15 is 0 Å². The maximum absolute atomic E-state index is 13.1. The number of hydrogen-bond donors (Lipinski definition) is 1. The van der Waals surface area contributed by atoms with Crippen molar-refractivity contribution in [1.29, 1.82) is 0 Å². The van der Waals surface area contributed by atoms with Gasteiger partial charge in [0.1, 0.15) is 5.82 Å². The summed E-state index contributed by atoms with van der Waals surface area (Å²) in [6, 6.07) is 4.30. The van der Waals surface area contributed by atoms with Crippen LogP contribution in [-0.4, -0.2) is 0 Å². The molecular formula is C12H15ClFN. The van der Waals surface area contributed by atoms with Crippen LogP contribution < -0.4 is 5.73 Å². The lowest BCUT2D eigenvalue weighted by molar-refractivity contribution is 0.443. The molecule has 1 aromatic rings. The molecule has 1 saturated carbocycles. The second-order valence-corrected chi connectivity index (χ2v) is 4.64. The van der Waals surface area contributed by atoms with Gasteiger partial charge in [-0.05, 0) is 42.5 Å². The minimum Gasteiger partial charge on any atom is -0.324 e. The quantitative estimate of drug-likeness (QED) is 0.820. The van der Waals surface area contributed by atoms with Crippen molar-refractivity contribution in [3.8, 4) is 0 Å². The molecule has 1 aliphatic carbocycles. The number of halogens is 2. The van der Waals surface area contributed by atoms with Gasteiger partial charge in [-0.1, -0.05) is 24.4 Å². The van der Waals surface area contributed by atoms with Crippen LogP contribution in [0.1, 0.15) is 37.3 Å². The van der Waals surface area contributed by atoms with Crippen molar-refractivity contribution in [2.24, 2.45) is 11.7 Å². The average Bonchev–Trinajstić information content (AvgIpc) is 2.74. The Bertz CT molecular complexity index is 347. The zero-order valence-corrected chi connectivity index (χ0v) is 9.30. The molecule has 1 aliphatic rings. The van der Waals surface area contributed by atoms with Gasteiger partial charge >= 0.3 is 0 Å². The smallest absolute Gasteiger partial charge is 0.123 e. The fourth-order valence-electron chi connectivity index (χ4n) is 2.34. The van der Waals surface area contributed by atoms with E-state index in [1.165, 1.54) is 25.0 Å². The molecule has 1 aromatic carbocycles. The van der Waals surface area contributed by atoms with Crippen LogP contribution in [0.25, 0.3) is 0 Å². The van der Waals surface area contributed by atoms with E-state index in [9.17, 15) is 4.39 Å². The monoisotopic (exact) mass is 227 g/mol. The van der Waals surface area contributed by atoms with Gasteiger partial charge in [0, 0.05) is 11.1 Å². The summed E-state index contributed by atoms with van der Waals surface area (Å²) in [6.07, 6.45) is 4.72. The molecule has 82 valence electrons. The molecule has 0 spiro atoms. The van der Waals surface area contributed by atoms with E-state index in [2.05, 4.69) is 0 Å². The van der Waals surface area contributed by atoms with E-state index in [1.807, 2.05) is 0 Å². The van der Waals surface area contributed by atoms with Gasteiger partial charge in [-0.25, -0.2) is 4.39 Å². The summed E-state index contributed by atoms with van der Waals surface area (Å²) in [5.41, 5.74) is 6.87. The molecule has 0 aromatic heterocycles. The van der Waals surface area contributed by atoms with Crippen molar-refractivity contribution in [2.75, 3.05) is 0 Å². The molecule has 1 atom stereocenters. The molecule has 2 rings (SSSR count). The third-order valence-corrected chi connectivity index (χ3v) is 3.57. The van der Waals surface area contributed by atoms with Crippen molar-refractivity contribution in [1.82, 2.24) is 0 Å². The number of nitrogens with two attached hydrogens (primary N) is 1. The summed E-state index contributed by atoms with van der Waals surface area (Å²) in [5, 5.41) is 0.579. The summed E-state index contributed by atoms with van der Waals surface area (Å²) >= 11 is 6.02. The summed E-state index contributed by atoms with van der Waals surface area (Å²) in [6.45, 7) is 0. The van der Waals surface area contributed by atoms with Gasteiger partial charge < -0.3 is 5.73 Å². The number of hydrogen-bond acceptors (Lipinski definition) is 1. The van der Waals surface area contributed by atoms with Crippen LogP contribution in [0.15, 0.2) is 18.2 Å². The first-order valence-electron chi connectivity index (χ1n) is 5.39. The minimum absolute atomic E-state index is 0.115. The Morgan fingerprint density at radius 1 is 1.33 bits per heavy atom. The molecule has 0 heterocycles. The summed E-state index contributed by atoms with van der Waals surface area (Å²) in [7, 11) is 0. The molecule has 0 aliphatic heterocycles. The van der Waals surface area contributed by atoms with Crippen molar-refractivity contribution in [2.45, 2.75) is 31.7 Å². The molecule has 1 fully saturated rings. The van der Waals surface area contributed by atoms with Crippen molar-refractivity contribution < 1.29 is 4.39 Å². The second-order valence-electron chi connectivity index (χ2n) is 4.24. The zero-order chi connectivity index (χ0) is 10.8. The third kappa shape index (κ3) is 2.32. The van der Waals surface area contributed by atoms with Gasteiger partial charge in [-0.2, -0.15) is 0 Å². The van der Waals surface area contributed by atoms with Gasteiger partial charge in [0.05, 0.1) is 0 Å². The van der Waals surface area contributed by atoms with Crippen LogP contribution >= 0.6 is 11.6 Å². The van der Waals surface area contributed by atoms with Crippen LogP contribution in [-0.2, 0) is 0 Å². The summed E-state index contributed by atoms with van der Waals surface area (Å²) in [4.78, 5) is 0. The first kappa shape index (κ1) is 10.9. The zero-order valence-electron chi connectivity index (χ0n) is 8.55. The molecule has 15 heavy (non-hydrogen) atoms. The van der Waals surface area contributed by atoms with Crippen LogP contribution in [0.2, 0.25) is 5.02 Å². The maximum atomic E-state index is 13.1. The van der Waals surface area contributed by atoms with Crippen LogP contribution in [0.4, 0.5) is 4.39 Å². The topological polar surface area (TPSA) is 26.0 Å². The van der Waals surface area contributed by atoms with Gasteiger partial charge in [0.25, 0.3) is 0 Å². The number of rotatable bonds is 2. The normalized spacial score (nSPS) is 19.4. The Morgan fingerprint density at radius 3 is 2.67 bits per heavy atom. The van der Waals surface area contributed by atoms with Crippen molar-refractivity contribution >= 4 is 11.6 Å². The highest BCUT2D eigenvalue weighted by molar-refractivity contribution is 6.31. The summed E-state index contributed by atoms with van der Waals surface area (Å²) < 4.78 is 13.1. The SMILES string of the molecule is N[C@H](c1cc(F)ccc1Cl)C1CCCC1. The number of benzene rings is 1.